The molecule has 0 amide bonds. The summed E-state index contributed by atoms with van der Waals surface area (Å²) in [6, 6.07) is 0.828. The quantitative estimate of drug-likeness (QED) is 0.656. The van der Waals surface area contributed by atoms with Gasteiger partial charge in [-0.1, -0.05) is 13.3 Å². The first-order chi connectivity index (χ1) is 6.29. The average Bonchev–Trinajstić information content (AvgIpc) is 2.17. The molecule has 0 radical (unpaired) electrons. The monoisotopic (exact) mass is 181 g/mol. The van der Waals surface area contributed by atoms with Crippen molar-refractivity contribution in [1.82, 2.24) is 5.32 Å². The Morgan fingerprint density at radius 3 is 2.38 bits per heavy atom. The molecule has 1 N–H and O–H groups in total. The minimum atomic E-state index is 0.828. The van der Waals surface area contributed by atoms with Gasteiger partial charge in [0.2, 0.25) is 0 Å². The van der Waals surface area contributed by atoms with Crippen LogP contribution in [0.2, 0.25) is 0 Å². The fourth-order valence-corrected chi connectivity index (χ4v) is 3.39. The van der Waals surface area contributed by atoms with E-state index in [0.717, 1.165) is 23.8 Å². The lowest BCUT2D eigenvalue weighted by Gasteiger charge is -2.41. The number of rotatable bonds is 1. The van der Waals surface area contributed by atoms with E-state index in [0.29, 0.717) is 0 Å². The highest BCUT2D eigenvalue weighted by Gasteiger charge is 2.33. The Bertz CT molecular complexity index is 167. The number of hydrogen-bond donors (Lipinski definition) is 1. The van der Waals surface area contributed by atoms with Gasteiger partial charge >= 0.3 is 0 Å². The van der Waals surface area contributed by atoms with E-state index in [1.54, 1.807) is 0 Å². The summed E-state index contributed by atoms with van der Waals surface area (Å²) in [5.41, 5.74) is 0. The number of nitrogens with one attached hydrogen (secondary N) is 1. The molecule has 0 aromatic carbocycles. The third-order valence-corrected chi connectivity index (χ3v) is 4.28. The molecule has 0 aromatic heterocycles. The summed E-state index contributed by atoms with van der Waals surface area (Å²) in [5.74, 6) is 3.14. The average molecular weight is 181 g/mol. The van der Waals surface area contributed by atoms with Gasteiger partial charge in [0.1, 0.15) is 0 Å². The minimum Gasteiger partial charge on any atom is -0.317 e. The van der Waals surface area contributed by atoms with E-state index in [1.807, 2.05) is 0 Å². The van der Waals surface area contributed by atoms with Gasteiger partial charge in [-0.05, 0) is 56.9 Å². The Kier molecular flexibility index (Phi) is 2.92. The maximum absolute atomic E-state index is 3.45. The minimum absolute atomic E-state index is 0.828. The van der Waals surface area contributed by atoms with Crippen molar-refractivity contribution in [3.05, 3.63) is 0 Å². The fourth-order valence-electron chi connectivity index (χ4n) is 3.39. The second-order valence-electron chi connectivity index (χ2n) is 5.24. The molecule has 4 unspecified atom stereocenters. The SMILES string of the molecule is CNC1CCC2CC(C)CCC2C1. The molecule has 2 rings (SSSR count). The fraction of sp³-hybridized carbons (Fsp3) is 1.00. The zero-order valence-electron chi connectivity index (χ0n) is 9.05. The van der Waals surface area contributed by atoms with E-state index >= 15 is 0 Å². The topological polar surface area (TPSA) is 12.0 Å². The Balaban J connectivity index is 1.90. The van der Waals surface area contributed by atoms with Crippen molar-refractivity contribution in [1.29, 1.82) is 0 Å². The van der Waals surface area contributed by atoms with Gasteiger partial charge in [0.25, 0.3) is 0 Å². The number of fused-ring (bicyclic) bond motifs is 1. The molecule has 0 bridgehead atoms. The summed E-state index contributed by atoms with van der Waals surface area (Å²) in [6.07, 6.45) is 8.86. The standard InChI is InChI=1S/C12H23N/c1-9-3-4-11-8-12(13-2)6-5-10(11)7-9/h9-13H,3-8H2,1-2H3. The molecule has 2 aliphatic carbocycles. The maximum atomic E-state index is 3.45. The normalized spacial score (nSPS) is 45.7. The second-order valence-corrected chi connectivity index (χ2v) is 5.24. The summed E-state index contributed by atoms with van der Waals surface area (Å²) >= 11 is 0. The molecule has 0 aliphatic heterocycles. The third-order valence-electron chi connectivity index (χ3n) is 4.28. The van der Waals surface area contributed by atoms with E-state index in [9.17, 15) is 0 Å². The van der Waals surface area contributed by atoms with Crippen molar-refractivity contribution in [2.75, 3.05) is 7.05 Å². The van der Waals surface area contributed by atoms with Crippen molar-refractivity contribution in [2.45, 2.75) is 51.5 Å². The van der Waals surface area contributed by atoms with Crippen LogP contribution in [0.4, 0.5) is 0 Å². The van der Waals surface area contributed by atoms with Crippen molar-refractivity contribution in [3.63, 3.8) is 0 Å². The van der Waals surface area contributed by atoms with Crippen LogP contribution < -0.4 is 5.32 Å². The zero-order chi connectivity index (χ0) is 9.26. The second kappa shape index (κ2) is 4.00. The highest BCUT2D eigenvalue weighted by atomic mass is 14.9. The van der Waals surface area contributed by atoms with E-state index in [4.69, 9.17) is 0 Å². The van der Waals surface area contributed by atoms with E-state index in [1.165, 1.54) is 38.5 Å². The summed E-state index contributed by atoms with van der Waals surface area (Å²) in [7, 11) is 2.12. The molecule has 2 aliphatic rings. The third kappa shape index (κ3) is 2.07. The molecule has 0 saturated heterocycles. The van der Waals surface area contributed by atoms with Crippen LogP contribution in [0.1, 0.15) is 45.4 Å². The lowest BCUT2D eigenvalue weighted by Crippen LogP contribution is -2.38. The van der Waals surface area contributed by atoms with Crippen LogP contribution in [-0.4, -0.2) is 13.1 Å². The molecule has 76 valence electrons. The van der Waals surface area contributed by atoms with Crippen LogP contribution in [0.15, 0.2) is 0 Å². The molecule has 0 heterocycles. The predicted octanol–water partition coefficient (Wildman–Crippen LogP) is 2.81. The largest absolute Gasteiger partial charge is 0.317 e. The molecular formula is C12H23N. The highest BCUT2D eigenvalue weighted by molar-refractivity contribution is 4.87. The van der Waals surface area contributed by atoms with Crippen molar-refractivity contribution in [2.24, 2.45) is 17.8 Å². The first kappa shape index (κ1) is 9.51. The first-order valence-electron chi connectivity index (χ1n) is 5.97. The van der Waals surface area contributed by atoms with E-state index < -0.39 is 0 Å². The van der Waals surface area contributed by atoms with Gasteiger partial charge in [-0.2, -0.15) is 0 Å². The van der Waals surface area contributed by atoms with Crippen LogP contribution in [-0.2, 0) is 0 Å². The van der Waals surface area contributed by atoms with Crippen LogP contribution in [0, 0.1) is 17.8 Å². The first-order valence-corrected chi connectivity index (χ1v) is 5.97. The highest BCUT2D eigenvalue weighted by Crippen LogP contribution is 2.42. The molecular weight excluding hydrogens is 158 g/mol. The van der Waals surface area contributed by atoms with Crippen molar-refractivity contribution < 1.29 is 0 Å². The summed E-state index contributed by atoms with van der Waals surface area (Å²) in [4.78, 5) is 0. The molecule has 4 atom stereocenters. The Morgan fingerprint density at radius 1 is 0.923 bits per heavy atom. The zero-order valence-corrected chi connectivity index (χ0v) is 9.05. The van der Waals surface area contributed by atoms with Gasteiger partial charge in [-0.15, -0.1) is 0 Å². The number of hydrogen-bond acceptors (Lipinski definition) is 1. The van der Waals surface area contributed by atoms with Gasteiger partial charge in [-0.3, -0.25) is 0 Å². The molecule has 2 saturated carbocycles. The summed E-state index contributed by atoms with van der Waals surface area (Å²) in [6.45, 7) is 2.43. The van der Waals surface area contributed by atoms with E-state index in [-0.39, 0.29) is 0 Å². The van der Waals surface area contributed by atoms with Crippen LogP contribution in [0.5, 0.6) is 0 Å². The Labute approximate surface area is 82.3 Å². The Morgan fingerprint density at radius 2 is 1.62 bits per heavy atom. The predicted molar refractivity (Wildman–Crippen MR) is 56.7 cm³/mol. The lowest BCUT2D eigenvalue weighted by molar-refractivity contribution is 0.118. The van der Waals surface area contributed by atoms with Gasteiger partial charge in [0.15, 0.2) is 0 Å². The van der Waals surface area contributed by atoms with Crippen LogP contribution >= 0.6 is 0 Å². The molecule has 1 heteroatoms. The smallest absolute Gasteiger partial charge is 0.00669 e. The van der Waals surface area contributed by atoms with E-state index in [2.05, 4.69) is 19.3 Å². The van der Waals surface area contributed by atoms with Gasteiger partial charge in [0.05, 0.1) is 0 Å². The molecule has 0 spiro atoms. The van der Waals surface area contributed by atoms with Gasteiger partial charge < -0.3 is 5.32 Å². The van der Waals surface area contributed by atoms with Gasteiger partial charge in [-0.25, -0.2) is 0 Å². The molecule has 1 nitrogen and oxygen atoms in total. The Hall–Kier alpha value is -0.0400. The van der Waals surface area contributed by atoms with Gasteiger partial charge in [0, 0.05) is 6.04 Å². The van der Waals surface area contributed by atoms with Crippen molar-refractivity contribution in [3.8, 4) is 0 Å². The molecule has 2 fully saturated rings. The van der Waals surface area contributed by atoms with Crippen LogP contribution in [0.25, 0.3) is 0 Å². The van der Waals surface area contributed by atoms with Crippen LogP contribution in [0.3, 0.4) is 0 Å². The maximum Gasteiger partial charge on any atom is 0.00669 e. The summed E-state index contributed by atoms with van der Waals surface area (Å²) in [5, 5.41) is 3.45. The molecule has 13 heavy (non-hydrogen) atoms. The molecule has 0 aromatic rings. The lowest BCUT2D eigenvalue weighted by atomic mass is 9.67. The summed E-state index contributed by atoms with van der Waals surface area (Å²) < 4.78 is 0. The van der Waals surface area contributed by atoms with Crippen molar-refractivity contribution >= 4 is 0 Å².